The predicted octanol–water partition coefficient (Wildman–Crippen LogP) is 0.712. The zero-order chi connectivity index (χ0) is 58.6. The first-order chi connectivity index (χ1) is 37.6. The lowest BCUT2D eigenvalue weighted by molar-refractivity contribution is -0.334. The van der Waals surface area contributed by atoms with E-state index in [1.807, 2.05) is 0 Å². The van der Waals surface area contributed by atoms with Gasteiger partial charge in [-0.15, -0.1) is 0 Å². The van der Waals surface area contributed by atoms with Gasteiger partial charge in [-0.3, -0.25) is 14.4 Å². The normalized spacial score (nSPS) is 40.9. The van der Waals surface area contributed by atoms with E-state index in [4.69, 9.17) is 56.8 Å². The molecule has 2 aromatic carbocycles. The molecule has 5 heterocycles. The van der Waals surface area contributed by atoms with Gasteiger partial charge in [0, 0.05) is 57.1 Å². The summed E-state index contributed by atoms with van der Waals surface area (Å²) in [6, 6.07) is 3.02. The number of aliphatic hydroxyl groups is 8. The zero-order valence-electron chi connectivity index (χ0n) is 46.6. The van der Waals surface area contributed by atoms with Crippen molar-refractivity contribution in [2.24, 2.45) is 5.92 Å². The van der Waals surface area contributed by atoms with E-state index in [1.54, 1.807) is 34.6 Å². The molecule has 450 valence electrons. The Balaban J connectivity index is 1.03. The molecule has 1 aliphatic carbocycles. The number of esters is 1. The summed E-state index contributed by atoms with van der Waals surface area (Å²) in [4.78, 5) is 41.0. The van der Waals surface area contributed by atoms with Crippen LogP contribution in [0, 0.1) is 12.8 Å². The van der Waals surface area contributed by atoms with Crippen molar-refractivity contribution >= 4 is 28.3 Å². The minimum atomic E-state index is -1.96. The van der Waals surface area contributed by atoms with Crippen LogP contribution in [0.2, 0.25) is 0 Å². The van der Waals surface area contributed by atoms with Crippen LogP contribution in [0.25, 0.3) is 10.8 Å². The monoisotopic (exact) mass is 1140 g/mol. The first-order valence-electron chi connectivity index (χ1n) is 27.5. The van der Waals surface area contributed by atoms with Gasteiger partial charge in [0.15, 0.2) is 42.8 Å². The number of benzene rings is 2. The molecule has 0 spiro atoms. The van der Waals surface area contributed by atoms with E-state index >= 15 is 4.79 Å². The van der Waals surface area contributed by atoms with E-state index < -0.39 is 182 Å². The summed E-state index contributed by atoms with van der Waals surface area (Å²) in [5, 5.41) is 111. The Morgan fingerprint density at radius 2 is 1.24 bits per heavy atom. The van der Waals surface area contributed by atoms with Crippen molar-refractivity contribution in [2.75, 3.05) is 7.11 Å². The third-order valence-corrected chi connectivity index (χ3v) is 16.4. The molecule has 25 nitrogen and oxygen atoms in total. The van der Waals surface area contributed by atoms with Crippen LogP contribution >= 0.6 is 0 Å². The van der Waals surface area contributed by atoms with E-state index in [2.05, 4.69) is 0 Å². The number of ether oxygens (including phenoxy) is 12. The van der Waals surface area contributed by atoms with Gasteiger partial charge in [0.1, 0.15) is 60.0 Å². The molecule has 25 heteroatoms. The van der Waals surface area contributed by atoms with Crippen LogP contribution in [0.3, 0.4) is 0 Å². The topological polar surface area (TPSA) is 364 Å². The van der Waals surface area contributed by atoms with Gasteiger partial charge in [0.05, 0.1) is 77.6 Å². The molecule has 0 saturated carbocycles. The summed E-state index contributed by atoms with van der Waals surface area (Å²) in [5.41, 5.74) is -1.50. The van der Waals surface area contributed by atoms with Crippen molar-refractivity contribution in [1.82, 2.24) is 0 Å². The summed E-state index contributed by atoms with van der Waals surface area (Å²) in [5.74, 6) is -4.62. The average molecular weight is 1140 g/mol. The Hall–Kier alpha value is -3.81. The second kappa shape index (κ2) is 25.2. The maximum Gasteiger partial charge on any atom is 0.305 e. The van der Waals surface area contributed by atoms with Crippen molar-refractivity contribution in [3.8, 4) is 17.2 Å². The summed E-state index contributed by atoms with van der Waals surface area (Å²) in [6.07, 6.45) is -27.0. The molecule has 5 fully saturated rings. The fraction of sp³-hybridized carbons (Fsp3) is 0.764. The smallest absolute Gasteiger partial charge is 0.305 e. The lowest BCUT2D eigenvalue weighted by Crippen LogP contribution is -2.58. The van der Waals surface area contributed by atoms with Crippen LogP contribution in [0.5, 0.6) is 17.2 Å². The number of rotatable bonds is 17. The standard InChI is InChI=1S/C55H80O25/c1-11-35(58)79-51-25(7)73-36(15-30(51)57)76-32-16-37(70-22(4)45(32)61)75-31-14-28-12-27-13-29(52(69-10)50(66)44(60)21(3)56)53(49(65)42(27)48(64)41(28)43(59)20(31)2)80-39-18-33(46(62)24(6)72-39)77-38-17-34(47(63)23(5)71-38)78-40-19-55(9,68)54(67)26(8)74-40/h12,14,21-26,29-30,32-34,36-40,44-47,51-54,56-57,59-64,67-68H,11,13,15-19H2,1-10H3/t21-,22?,23?,24?,25?,26?,29+,30-,32-,33-,34-,36+,37+,38+,39+,40+,44+,45-,46-,47+,51-,52+,53+,54-,55+/m1/s1. The molecule has 0 aromatic heterocycles. The number of carbonyl (C=O) groups excluding carboxylic acids is 3. The van der Waals surface area contributed by atoms with E-state index in [0.717, 1.165) is 0 Å². The lowest BCUT2D eigenvalue weighted by Gasteiger charge is -2.46. The quantitative estimate of drug-likeness (QED) is 0.0975. The Labute approximate surface area is 462 Å². The molecule has 5 saturated heterocycles. The largest absolute Gasteiger partial charge is 0.507 e. The van der Waals surface area contributed by atoms with E-state index in [1.165, 1.54) is 46.9 Å². The summed E-state index contributed by atoms with van der Waals surface area (Å²) in [7, 11) is 1.18. The van der Waals surface area contributed by atoms with Gasteiger partial charge < -0.3 is 108 Å². The second-order valence-electron chi connectivity index (χ2n) is 22.5. The number of fused-ring (bicyclic) bond motifs is 2. The molecule has 10 N–H and O–H groups in total. The molecule has 6 aliphatic rings. The lowest BCUT2D eigenvalue weighted by atomic mass is 9.75. The summed E-state index contributed by atoms with van der Waals surface area (Å²) in [6.45, 7) is 13.7. The van der Waals surface area contributed by atoms with Gasteiger partial charge in [-0.05, 0) is 84.9 Å². The van der Waals surface area contributed by atoms with Crippen LogP contribution in [0.15, 0.2) is 12.1 Å². The fourth-order valence-corrected chi connectivity index (χ4v) is 11.7. The molecule has 0 bridgehead atoms. The number of phenols is 2. The molecule has 5 unspecified atom stereocenters. The van der Waals surface area contributed by atoms with Gasteiger partial charge in [0.25, 0.3) is 0 Å². The fourth-order valence-electron chi connectivity index (χ4n) is 11.7. The van der Waals surface area contributed by atoms with Crippen LogP contribution in [-0.4, -0.2) is 223 Å². The highest BCUT2D eigenvalue weighted by Crippen LogP contribution is 2.48. The maximum absolute atomic E-state index is 15.1. The van der Waals surface area contributed by atoms with Crippen molar-refractivity contribution < 1.29 is 122 Å². The van der Waals surface area contributed by atoms with E-state index in [9.17, 15) is 60.7 Å². The number of phenolic OH excluding ortho intramolecular Hbond substituents is 2. The third-order valence-electron chi connectivity index (χ3n) is 16.4. The number of methoxy groups -OCH3 is 1. The van der Waals surface area contributed by atoms with Crippen molar-refractivity contribution in [2.45, 2.75) is 254 Å². The van der Waals surface area contributed by atoms with Gasteiger partial charge >= 0.3 is 5.97 Å². The molecule has 5 aliphatic heterocycles. The summed E-state index contributed by atoms with van der Waals surface area (Å²) >= 11 is 0. The Bertz CT molecular complexity index is 2500. The van der Waals surface area contributed by atoms with Gasteiger partial charge in [0.2, 0.25) is 6.29 Å². The highest BCUT2D eigenvalue weighted by atomic mass is 16.7. The average Bonchev–Trinajstić information content (AvgIpc) is 3.50. The maximum atomic E-state index is 15.1. The van der Waals surface area contributed by atoms with E-state index in [0.29, 0.717) is 0 Å². The minimum Gasteiger partial charge on any atom is -0.507 e. The molecule has 0 radical (unpaired) electrons. The number of carbonyl (C=O) groups is 3. The second-order valence-corrected chi connectivity index (χ2v) is 22.5. The SMILES string of the molecule is CCC(=O)O[C@@H]1C(C)O[C@@H](O[C@@H]2C[C@H](Oc3cc4cc5c(c(O)c4c(O)c3C)C(=O)[C@@H](O[C@H]3C[C@@H](O[C@H]4C[C@@H](O[C@H]6C[C@](C)(O)[C@H](O)C(C)O6)[C@@H](O)C(C)O4)[C@H](O)C(C)O3)[C@H]([C@H](OC)C(=O)[C@@H](O)[C@@H](C)O)C5)OC(C)[C@H]2O)C[C@H]1O. The summed E-state index contributed by atoms with van der Waals surface area (Å²) < 4.78 is 72.3. The molecule has 0 amide bonds. The predicted molar refractivity (Wildman–Crippen MR) is 273 cm³/mol. The number of Topliss-reactive ketones (excluding diaryl/α,β-unsaturated/α-hetero) is 2. The highest BCUT2D eigenvalue weighted by Gasteiger charge is 2.52. The minimum absolute atomic E-state index is 0.0586. The van der Waals surface area contributed by atoms with Crippen LogP contribution in [0.4, 0.5) is 0 Å². The number of hydrogen-bond donors (Lipinski definition) is 10. The van der Waals surface area contributed by atoms with Gasteiger partial charge in [-0.1, -0.05) is 6.92 Å². The first kappa shape index (κ1) is 62.2. The highest BCUT2D eigenvalue weighted by molar-refractivity contribution is 6.11. The van der Waals surface area contributed by atoms with Gasteiger partial charge in [-0.25, -0.2) is 0 Å². The van der Waals surface area contributed by atoms with Crippen LogP contribution in [0.1, 0.15) is 115 Å². The third kappa shape index (κ3) is 12.9. The molecular weight excluding hydrogens is 1060 g/mol. The molecule has 80 heavy (non-hydrogen) atoms. The zero-order valence-corrected chi connectivity index (χ0v) is 46.6. The molecular formula is C55H80O25. The Morgan fingerprint density at radius 1 is 0.725 bits per heavy atom. The number of aliphatic hydroxyl groups excluding tert-OH is 7. The van der Waals surface area contributed by atoms with Gasteiger partial charge in [-0.2, -0.15) is 0 Å². The van der Waals surface area contributed by atoms with Crippen LogP contribution < -0.4 is 4.74 Å². The molecule has 2 aromatic rings. The van der Waals surface area contributed by atoms with Crippen molar-refractivity contribution in [1.29, 1.82) is 0 Å². The first-order valence-corrected chi connectivity index (χ1v) is 27.5. The Morgan fingerprint density at radius 3 is 1.77 bits per heavy atom. The van der Waals surface area contributed by atoms with Crippen molar-refractivity contribution in [3.05, 3.63) is 28.8 Å². The van der Waals surface area contributed by atoms with Crippen LogP contribution in [-0.2, 0) is 68.1 Å². The van der Waals surface area contributed by atoms with E-state index in [-0.39, 0.29) is 78.2 Å². The molecule has 8 rings (SSSR count). The van der Waals surface area contributed by atoms with Crippen molar-refractivity contribution in [3.63, 3.8) is 0 Å². The molecule has 25 atom stereocenters. The Kier molecular flexibility index (Phi) is 19.6. The number of hydrogen-bond acceptors (Lipinski definition) is 25. The number of ketones is 2. The number of aromatic hydroxyl groups is 2.